The van der Waals surface area contributed by atoms with Crippen LogP contribution in [0.2, 0.25) is 10.0 Å². The summed E-state index contributed by atoms with van der Waals surface area (Å²) in [6.07, 6.45) is 4.57. The largest absolute Gasteiger partial charge is 0.494 e. The van der Waals surface area contributed by atoms with Crippen LogP contribution in [0.5, 0.6) is 11.6 Å². The Morgan fingerprint density at radius 1 is 0.920 bits per heavy atom. The monoisotopic (exact) mass is 715 g/mol. The number of carbonyl (C=O) groups excluding carboxylic acids is 2. The average Bonchev–Trinajstić information content (AvgIpc) is 3.71. The van der Waals surface area contributed by atoms with Crippen LogP contribution in [0, 0.1) is 0 Å². The Balaban J connectivity index is 1.08. The van der Waals surface area contributed by atoms with Gasteiger partial charge >= 0.3 is 0 Å². The molecule has 4 aromatic rings. The number of carbonyl (C=O) groups is 2. The molecule has 50 heavy (non-hydrogen) atoms. The fourth-order valence-corrected chi connectivity index (χ4v) is 7.72. The highest BCUT2D eigenvalue weighted by Gasteiger charge is 2.47. The molecule has 260 valence electrons. The number of amides is 2. The lowest BCUT2D eigenvalue weighted by Gasteiger charge is -2.48. The van der Waals surface area contributed by atoms with Gasteiger partial charge < -0.3 is 30.7 Å². The number of pyridine rings is 2. The van der Waals surface area contributed by atoms with E-state index in [1.807, 2.05) is 48.5 Å². The number of nitrogens with one attached hydrogen (secondary N) is 4. The van der Waals surface area contributed by atoms with Crippen molar-refractivity contribution in [3.63, 3.8) is 0 Å². The van der Waals surface area contributed by atoms with E-state index in [0.717, 1.165) is 48.5 Å². The van der Waals surface area contributed by atoms with E-state index in [0.29, 0.717) is 76.6 Å². The molecule has 13 heteroatoms. The highest BCUT2D eigenvalue weighted by atomic mass is 35.5. The maximum Gasteiger partial charge on any atom is 0.220 e. The van der Waals surface area contributed by atoms with Gasteiger partial charge in [0, 0.05) is 80.1 Å². The van der Waals surface area contributed by atoms with Crippen LogP contribution < -0.4 is 30.7 Å². The van der Waals surface area contributed by atoms with Gasteiger partial charge in [0.1, 0.15) is 5.75 Å². The predicted octanol–water partition coefficient (Wildman–Crippen LogP) is 5.71. The molecule has 0 unspecified atom stereocenters. The summed E-state index contributed by atoms with van der Waals surface area (Å²) in [7, 11) is 3.25. The molecule has 0 bridgehead atoms. The Morgan fingerprint density at radius 2 is 1.74 bits per heavy atom. The maximum atomic E-state index is 11.8. The number of halogens is 2. The van der Waals surface area contributed by atoms with E-state index in [4.69, 9.17) is 37.7 Å². The molecule has 5 heterocycles. The summed E-state index contributed by atoms with van der Waals surface area (Å²) in [5.74, 6) is 1.45. The molecule has 1 atom stereocenters. The second kappa shape index (κ2) is 14.4. The van der Waals surface area contributed by atoms with Crippen LogP contribution in [0.4, 0.5) is 11.4 Å². The van der Waals surface area contributed by atoms with Crippen molar-refractivity contribution in [3.05, 3.63) is 82.0 Å². The number of nitrogens with zero attached hydrogens (tertiary/aromatic N) is 3. The number of ether oxygens (including phenoxy) is 2. The second-order valence-electron chi connectivity index (χ2n) is 13.1. The van der Waals surface area contributed by atoms with Crippen molar-refractivity contribution in [1.29, 1.82) is 0 Å². The molecule has 3 fully saturated rings. The molecule has 3 aliphatic heterocycles. The van der Waals surface area contributed by atoms with Gasteiger partial charge in [0.2, 0.25) is 17.7 Å². The molecule has 0 saturated carbocycles. The highest BCUT2D eigenvalue weighted by molar-refractivity contribution is 6.39. The lowest BCUT2D eigenvalue weighted by atomic mass is 9.88. The van der Waals surface area contributed by atoms with Crippen molar-refractivity contribution in [2.75, 3.05) is 39.2 Å². The first kappa shape index (κ1) is 34.0. The molecule has 0 radical (unpaired) electrons. The number of likely N-dealkylation sites (tertiary alicyclic amines) is 1. The smallest absolute Gasteiger partial charge is 0.220 e. The first-order valence-corrected chi connectivity index (χ1v) is 17.5. The summed E-state index contributed by atoms with van der Waals surface area (Å²) in [4.78, 5) is 35.0. The normalized spacial score (nSPS) is 18.1. The number of hydrogen-bond acceptors (Lipinski definition) is 9. The molecule has 2 aromatic heterocycles. The van der Waals surface area contributed by atoms with Gasteiger partial charge in [0.05, 0.1) is 52.6 Å². The van der Waals surface area contributed by atoms with Gasteiger partial charge in [-0.25, -0.2) is 4.98 Å². The lowest BCUT2D eigenvalue weighted by molar-refractivity contribution is -0.121. The van der Waals surface area contributed by atoms with Crippen LogP contribution in [0.25, 0.3) is 22.5 Å². The Labute approximate surface area is 301 Å². The van der Waals surface area contributed by atoms with E-state index in [9.17, 15) is 9.59 Å². The average molecular weight is 717 g/mol. The van der Waals surface area contributed by atoms with Crippen molar-refractivity contribution in [3.8, 4) is 34.1 Å². The minimum absolute atomic E-state index is 0.0828. The van der Waals surface area contributed by atoms with Crippen molar-refractivity contribution in [2.24, 2.45) is 0 Å². The summed E-state index contributed by atoms with van der Waals surface area (Å²) in [6.45, 7) is 3.56. The Kier molecular flexibility index (Phi) is 9.83. The molecule has 2 aromatic carbocycles. The molecule has 7 rings (SSSR count). The molecule has 4 N–H and O–H groups in total. The van der Waals surface area contributed by atoms with Crippen LogP contribution in [0.15, 0.2) is 60.8 Å². The quantitative estimate of drug-likeness (QED) is 0.146. The van der Waals surface area contributed by atoms with Crippen LogP contribution in [-0.4, -0.2) is 72.1 Å². The fraction of sp³-hybridized carbons (Fsp3) is 0.351. The zero-order valence-corrected chi connectivity index (χ0v) is 29.5. The van der Waals surface area contributed by atoms with Gasteiger partial charge in [-0.1, -0.05) is 53.5 Å². The topological polar surface area (TPSA) is 130 Å². The van der Waals surface area contributed by atoms with E-state index in [1.165, 1.54) is 0 Å². The van der Waals surface area contributed by atoms with Gasteiger partial charge in [-0.15, -0.1) is 0 Å². The summed E-state index contributed by atoms with van der Waals surface area (Å²) in [5.41, 5.74) is 5.81. The van der Waals surface area contributed by atoms with Crippen molar-refractivity contribution in [2.45, 2.75) is 50.4 Å². The maximum absolute atomic E-state index is 11.8. The van der Waals surface area contributed by atoms with E-state index in [1.54, 1.807) is 20.4 Å². The van der Waals surface area contributed by atoms with Crippen LogP contribution in [0.1, 0.15) is 36.8 Å². The number of methoxy groups -OCH3 is 2. The van der Waals surface area contributed by atoms with E-state index < -0.39 is 0 Å². The van der Waals surface area contributed by atoms with E-state index in [-0.39, 0.29) is 23.4 Å². The summed E-state index contributed by atoms with van der Waals surface area (Å²) in [5, 5.41) is 13.8. The number of hydrogen-bond donors (Lipinski definition) is 4. The van der Waals surface area contributed by atoms with Crippen LogP contribution in [0.3, 0.4) is 0 Å². The fourth-order valence-electron chi connectivity index (χ4n) is 7.15. The number of rotatable bonds is 12. The first-order valence-electron chi connectivity index (χ1n) is 16.7. The molecule has 1 spiro atoms. The Morgan fingerprint density at radius 3 is 2.48 bits per heavy atom. The zero-order chi connectivity index (χ0) is 34.8. The number of aromatic nitrogens is 2. The van der Waals surface area contributed by atoms with Gasteiger partial charge in [0.25, 0.3) is 0 Å². The minimum Gasteiger partial charge on any atom is -0.494 e. The van der Waals surface area contributed by atoms with Crippen LogP contribution >= 0.6 is 23.2 Å². The molecule has 11 nitrogen and oxygen atoms in total. The SMILES string of the molecule is COc1nc(-c2ccnc(-c3cccc(Nc4cccc(CN5CC6(CCC(=O)N6)C5)c4OC)c3Cl)c2Cl)ccc1CNC[C@H]1CCC(=O)N1. The summed E-state index contributed by atoms with van der Waals surface area (Å²) >= 11 is 14.1. The lowest BCUT2D eigenvalue weighted by Crippen LogP contribution is -2.66. The predicted molar refractivity (Wildman–Crippen MR) is 194 cm³/mol. The van der Waals surface area contributed by atoms with E-state index >= 15 is 0 Å². The molecule has 3 saturated heterocycles. The Bertz CT molecular complexity index is 1930. The second-order valence-corrected chi connectivity index (χ2v) is 13.8. The van der Waals surface area contributed by atoms with Gasteiger partial charge in [-0.05, 0) is 37.1 Å². The zero-order valence-electron chi connectivity index (χ0n) is 27.9. The first-order chi connectivity index (χ1) is 24.3. The van der Waals surface area contributed by atoms with E-state index in [2.05, 4.69) is 37.2 Å². The minimum atomic E-state index is -0.0828. The highest BCUT2D eigenvalue weighted by Crippen LogP contribution is 2.42. The summed E-state index contributed by atoms with van der Waals surface area (Å²) in [6, 6.07) is 17.5. The van der Waals surface area contributed by atoms with Gasteiger partial charge in [-0.2, -0.15) is 0 Å². The van der Waals surface area contributed by atoms with Gasteiger partial charge in [-0.3, -0.25) is 19.5 Å². The van der Waals surface area contributed by atoms with Crippen molar-refractivity contribution in [1.82, 2.24) is 30.8 Å². The third kappa shape index (κ3) is 6.96. The molecule has 3 aliphatic rings. The molecular formula is C37H39Cl2N7O4. The third-order valence-corrected chi connectivity index (χ3v) is 10.4. The Hall–Kier alpha value is -4.42. The van der Waals surface area contributed by atoms with Gasteiger partial charge in [0.15, 0.2) is 0 Å². The number of anilines is 2. The van der Waals surface area contributed by atoms with Crippen LogP contribution in [-0.2, 0) is 22.7 Å². The van der Waals surface area contributed by atoms with Crippen molar-refractivity contribution < 1.29 is 19.1 Å². The molecule has 2 amide bonds. The molecular weight excluding hydrogens is 677 g/mol. The number of benzene rings is 2. The standard InChI is InChI=1S/C37H39Cl2N7O4/c1-49-35-23(19-46-20-37(21-46)15-13-31(48)45-37)5-3-8-29(35)43-28-7-4-6-26(32(28)38)34-33(39)25(14-16-41-34)27-11-9-22(36(44-27)50-2)17-40-18-24-10-12-30(47)42-24/h3-9,11,14,16,24,40,43H,10,12-13,15,17-21H2,1-2H3,(H,42,47)(H,45,48)/t24-/m1/s1. The number of para-hydroxylation sites is 1. The molecule has 0 aliphatic carbocycles. The summed E-state index contributed by atoms with van der Waals surface area (Å²) < 4.78 is 11.5. The van der Waals surface area contributed by atoms with Crippen molar-refractivity contribution >= 4 is 46.4 Å². The third-order valence-electron chi connectivity index (χ3n) is 9.59.